The Kier molecular flexibility index (Phi) is 4.59. The molecule has 0 radical (unpaired) electrons. The molecule has 1 aromatic rings. The minimum Gasteiger partial charge on any atom is -0.454 e. The Morgan fingerprint density at radius 2 is 2.21 bits per heavy atom. The topological polar surface area (TPSA) is 76.8 Å². The van der Waals surface area contributed by atoms with Crippen LogP contribution in [-0.2, 0) is 4.79 Å². The average molecular weight is 265 g/mol. The SMILES string of the molecule is CN(CCCN)CC(=O)Nc1ccc2c(c1)OCO2. The van der Waals surface area contributed by atoms with Crippen LogP contribution in [0.3, 0.4) is 0 Å². The number of fused-ring (bicyclic) bond motifs is 1. The summed E-state index contributed by atoms with van der Waals surface area (Å²) in [7, 11) is 1.90. The number of amides is 1. The molecule has 1 aliphatic heterocycles. The van der Waals surface area contributed by atoms with Gasteiger partial charge in [-0.1, -0.05) is 0 Å². The van der Waals surface area contributed by atoms with Crippen molar-refractivity contribution in [3.05, 3.63) is 18.2 Å². The normalized spacial score (nSPS) is 12.8. The predicted octanol–water partition coefficient (Wildman–Crippen LogP) is 0.634. The van der Waals surface area contributed by atoms with Crippen molar-refractivity contribution in [1.82, 2.24) is 4.90 Å². The van der Waals surface area contributed by atoms with E-state index in [9.17, 15) is 4.79 Å². The van der Waals surface area contributed by atoms with E-state index in [1.54, 1.807) is 18.2 Å². The van der Waals surface area contributed by atoms with E-state index in [2.05, 4.69) is 5.32 Å². The molecule has 0 fully saturated rings. The first-order valence-electron chi connectivity index (χ1n) is 6.27. The van der Waals surface area contributed by atoms with Gasteiger partial charge in [-0.05, 0) is 38.7 Å². The molecule has 0 aliphatic carbocycles. The van der Waals surface area contributed by atoms with Gasteiger partial charge in [0.15, 0.2) is 11.5 Å². The Bertz CT molecular complexity index is 451. The number of nitrogens with one attached hydrogen (secondary N) is 1. The van der Waals surface area contributed by atoms with E-state index < -0.39 is 0 Å². The monoisotopic (exact) mass is 265 g/mol. The Morgan fingerprint density at radius 1 is 1.42 bits per heavy atom. The number of carbonyl (C=O) groups excluding carboxylic acids is 1. The molecule has 6 heteroatoms. The molecule has 1 aliphatic rings. The number of likely N-dealkylation sites (N-methyl/N-ethyl adjacent to an activating group) is 1. The molecule has 0 unspecified atom stereocenters. The van der Waals surface area contributed by atoms with E-state index in [1.165, 1.54) is 0 Å². The number of hydrogen-bond donors (Lipinski definition) is 2. The molecule has 0 saturated carbocycles. The Labute approximate surface area is 112 Å². The summed E-state index contributed by atoms with van der Waals surface area (Å²) in [5.41, 5.74) is 6.14. The summed E-state index contributed by atoms with van der Waals surface area (Å²) >= 11 is 0. The molecule has 2 rings (SSSR count). The highest BCUT2D eigenvalue weighted by molar-refractivity contribution is 5.92. The molecule has 1 heterocycles. The van der Waals surface area contributed by atoms with Crippen LogP contribution in [-0.4, -0.2) is 44.3 Å². The second-order valence-electron chi connectivity index (χ2n) is 4.50. The summed E-state index contributed by atoms with van der Waals surface area (Å²) in [5, 5.41) is 2.83. The van der Waals surface area contributed by atoms with Gasteiger partial charge in [-0.25, -0.2) is 0 Å². The van der Waals surface area contributed by atoms with Crippen LogP contribution in [0.4, 0.5) is 5.69 Å². The van der Waals surface area contributed by atoms with Gasteiger partial charge in [0.05, 0.1) is 6.54 Å². The van der Waals surface area contributed by atoms with Crippen LogP contribution in [0.2, 0.25) is 0 Å². The van der Waals surface area contributed by atoms with Gasteiger partial charge in [-0.3, -0.25) is 9.69 Å². The number of nitrogens with two attached hydrogens (primary N) is 1. The molecule has 0 saturated heterocycles. The summed E-state index contributed by atoms with van der Waals surface area (Å²) in [6, 6.07) is 5.35. The molecule has 1 amide bonds. The Hall–Kier alpha value is -1.79. The van der Waals surface area contributed by atoms with Crippen molar-refractivity contribution in [2.45, 2.75) is 6.42 Å². The van der Waals surface area contributed by atoms with Crippen molar-refractivity contribution >= 4 is 11.6 Å². The van der Waals surface area contributed by atoms with E-state index in [4.69, 9.17) is 15.2 Å². The largest absolute Gasteiger partial charge is 0.454 e. The lowest BCUT2D eigenvalue weighted by atomic mass is 10.2. The maximum Gasteiger partial charge on any atom is 0.238 e. The lowest BCUT2D eigenvalue weighted by Gasteiger charge is -2.15. The van der Waals surface area contributed by atoms with Crippen LogP contribution in [0.5, 0.6) is 11.5 Å². The van der Waals surface area contributed by atoms with Gasteiger partial charge in [-0.2, -0.15) is 0 Å². The van der Waals surface area contributed by atoms with Crippen LogP contribution >= 0.6 is 0 Å². The fourth-order valence-electron chi connectivity index (χ4n) is 1.86. The van der Waals surface area contributed by atoms with Gasteiger partial charge in [0, 0.05) is 11.8 Å². The summed E-state index contributed by atoms with van der Waals surface area (Å²) in [6.07, 6.45) is 0.883. The van der Waals surface area contributed by atoms with Crippen LogP contribution < -0.4 is 20.5 Å². The second-order valence-corrected chi connectivity index (χ2v) is 4.50. The summed E-state index contributed by atoms with van der Waals surface area (Å²) in [6.45, 7) is 2.02. The van der Waals surface area contributed by atoms with Crippen molar-refractivity contribution in [3.8, 4) is 11.5 Å². The standard InChI is InChI=1S/C13H19N3O3/c1-16(6-2-5-14)8-13(17)15-10-3-4-11-12(7-10)19-9-18-11/h3-4,7H,2,5-6,8-9,14H2,1H3,(H,15,17). The van der Waals surface area contributed by atoms with Gasteiger partial charge in [0.2, 0.25) is 12.7 Å². The minimum absolute atomic E-state index is 0.0570. The van der Waals surface area contributed by atoms with Gasteiger partial charge in [0.1, 0.15) is 0 Å². The number of nitrogens with zero attached hydrogens (tertiary/aromatic N) is 1. The Morgan fingerprint density at radius 3 is 3.00 bits per heavy atom. The molecule has 19 heavy (non-hydrogen) atoms. The van der Waals surface area contributed by atoms with Gasteiger partial charge < -0.3 is 20.5 Å². The third-order valence-electron chi connectivity index (χ3n) is 2.81. The Balaban J connectivity index is 1.85. The van der Waals surface area contributed by atoms with Crippen LogP contribution in [0.1, 0.15) is 6.42 Å². The van der Waals surface area contributed by atoms with E-state index >= 15 is 0 Å². The number of anilines is 1. The maximum atomic E-state index is 11.8. The number of rotatable bonds is 6. The highest BCUT2D eigenvalue weighted by Gasteiger charge is 2.14. The molecule has 1 aromatic carbocycles. The molecule has 0 aromatic heterocycles. The fraction of sp³-hybridized carbons (Fsp3) is 0.462. The summed E-state index contributed by atoms with van der Waals surface area (Å²) < 4.78 is 10.5. The number of ether oxygens (including phenoxy) is 2. The van der Waals surface area contributed by atoms with Gasteiger partial charge in [-0.15, -0.1) is 0 Å². The third-order valence-corrected chi connectivity index (χ3v) is 2.81. The van der Waals surface area contributed by atoms with Gasteiger partial charge >= 0.3 is 0 Å². The first-order valence-corrected chi connectivity index (χ1v) is 6.27. The minimum atomic E-state index is -0.0570. The molecule has 3 N–H and O–H groups in total. The highest BCUT2D eigenvalue weighted by Crippen LogP contribution is 2.34. The summed E-state index contributed by atoms with van der Waals surface area (Å²) in [5.74, 6) is 1.31. The molecule has 6 nitrogen and oxygen atoms in total. The number of carbonyl (C=O) groups is 1. The van der Waals surface area contributed by atoms with Crippen molar-refractivity contribution < 1.29 is 14.3 Å². The van der Waals surface area contributed by atoms with E-state index in [0.717, 1.165) is 13.0 Å². The van der Waals surface area contributed by atoms with E-state index in [1.807, 2.05) is 11.9 Å². The van der Waals surface area contributed by atoms with E-state index in [-0.39, 0.29) is 12.7 Å². The molecular weight excluding hydrogens is 246 g/mol. The maximum absolute atomic E-state index is 11.8. The van der Waals surface area contributed by atoms with Crippen molar-refractivity contribution in [2.24, 2.45) is 5.73 Å². The first kappa shape index (κ1) is 13.6. The van der Waals surface area contributed by atoms with Crippen LogP contribution in [0, 0.1) is 0 Å². The van der Waals surface area contributed by atoms with Crippen molar-refractivity contribution in [3.63, 3.8) is 0 Å². The second kappa shape index (κ2) is 6.40. The fourth-order valence-corrected chi connectivity index (χ4v) is 1.86. The zero-order valence-corrected chi connectivity index (χ0v) is 11.0. The molecule has 0 bridgehead atoms. The molecule has 104 valence electrons. The highest BCUT2D eigenvalue weighted by atomic mass is 16.7. The summed E-state index contributed by atoms with van der Waals surface area (Å²) in [4.78, 5) is 13.8. The smallest absolute Gasteiger partial charge is 0.238 e. The zero-order valence-electron chi connectivity index (χ0n) is 11.0. The average Bonchev–Trinajstić information content (AvgIpc) is 2.83. The van der Waals surface area contributed by atoms with Gasteiger partial charge in [0.25, 0.3) is 0 Å². The van der Waals surface area contributed by atoms with Crippen molar-refractivity contribution in [2.75, 3.05) is 38.8 Å². The predicted molar refractivity (Wildman–Crippen MR) is 72.4 cm³/mol. The zero-order chi connectivity index (χ0) is 13.7. The van der Waals surface area contributed by atoms with Crippen LogP contribution in [0.15, 0.2) is 18.2 Å². The quantitative estimate of drug-likeness (QED) is 0.789. The number of hydrogen-bond acceptors (Lipinski definition) is 5. The molecule has 0 atom stereocenters. The van der Waals surface area contributed by atoms with Crippen LogP contribution in [0.25, 0.3) is 0 Å². The third kappa shape index (κ3) is 3.84. The van der Waals surface area contributed by atoms with Crippen molar-refractivity contribution in [1.29, 1.82) is 0 Å². The molecular formula is C13H19N3O3. The first-order chi connectivity index (χ1) is 9.19. The van der Waals surface area contributed by atoms with E-state index in [0.29, 0.717) is 30.3 Å². The molecule has 0 spiro atoms. The number of benzene rings is 1. The lowest BCUT2D eigenvalue weighted by Crippen LogP contribution is -2.31. The lowest BCUT2D eigenvalue weighted by molar-refractivity contribution is -0.117.